The number of ether oxygens (including phenoxy) is 3. The number of aromatic amines is 1. The Kier molecular flexibility index (Phi) is 30.6. The number of aryl methyl sites for hydroxylation is 1. The molecule has 9 atom stereocenters. The summed E-state index contributed by atoms with van der Waals surface area (Å²) >= 11 is 1.87. The van der Waals surface area contributed by atoms with Gasteiger partial charge in [-0.2, -0.15) is 11.8 Å². The Morgan fingerprint density at radius 1 is 0.729 bits per heavy atom. The normalized spacial score (nSPS) is 22.9. The van der Waals surface area contributed by atoms with Crippen molar-refractivity contribution in [2.75, 3.05) is 58.5 Å². The molecule has 5 heterocycles. The zero-order chi connectivity index (χ0) is 68.9. The van der Waals surface area contributed by atoms with Gasteiger partial charge in [-0.15, -0.1) is 5.10 Å². The second-order valence-electron chi connectivity index (χ2n) is 25.5. The summed E-state index contributed by atoms with van der Waals surface area (Å²) in [6.45, 7) is 4.43. The molecule has 2 fully saturated rings. The molecule has 2 aromatic carbocycles. The lowest BCUT2D eigenvalue weighted by atomic mass is 9.89. The molecule has 4 aromatic rings. The van der Waals surface area contributed by atoms with Crippen LogP contribution in [0.2, 0.25) is 0 Å². The van der Waals surface area contributed by atoms with E-state index in [0.29, 0.717) is 73.9 Å². The lowest BCUT2D eigenvalue weighted by Gasteiger charge is -2.25. The first-order valence-electron chi connectivity index (χ1n) is 33.4. The molecule has 0 saturated carbocycles. The highest BCUT2D eigenvalue weighted by Crippen LogP contribution is 2.33. The van der Waals surface area contributed by atoms with E-state index in [4.69, 9.17) is 31.4 Å². The second kappa shape index (κ2) is 39.1. The van der Waals surface area contributed by atoms with Gasteiger partial charge in [-0.25, -0.2) is 4.79 Å². The van der Waals surface area contributed by atoms with Crippen molar-refractivity contribution in [2.45, 2.75) is 171 Å². The topological polar surface area (TPSA) is 428 Å². The number of hydrogen-bond donors (Lipinski definition) is 11. The van der Waals surface area contributed by atoms with Crippen molar-refractivity contribution in [1.82, 2.24) is 51.9 Å². The molecule has 0 spiro atoms. The summed E-state index contributed by atoms with van der Waals surface area (Å²) in [4.78, 5) is 145. The van der Waals surface area contributed by atoms with E-state index in [1.54, 1.807) is 29.2 Å². The monoisotopic (exact) mass is 1350 g/mol. The van der Waals surface area contributed by atoms with Gasteiger partial charge in [0.25, 0.3) is 0 Å². The number of thioether (sulfide) groups is 1. The standard InChI is InChI=1S/C67H96N14O14S/c1-41(2)29-55-58(86)35-43(11-9-22-71-66(69)70)62(88)73-37-50(84)32-44(30-42-18-20-49(83)21-19-42)63(89)76-56(34-46-36-72-53-15-5-4-14-52(46)53)65(91)74-54(61(68)87)16-7-8-23-81-38-47(79-80-81)31-45(64(90)75-55)33-51(85)39-95-28-27-94-26-25-93-24-10-13-48(82)12-3-6-17-59-60-57(40-96-59)77-67(92)78-60/h4-5,14-15,18-21,36,38,41,43-45,54-57,59-60,72,83H,3,6-13,16-17,22-35,37,39-40H2,1-2H3,(H2,68,87)(H,73,88)(H,74,91)(H,75,90)(H,76,89)(H4,69,70,71)(H2,77,78,92)/t43-,44-,45+,54-,55+,56+,57+,59+,60+/m0/s1. The lowest BCUT2D eigenvalue weighted by molar-refractivity contribution is -0.135. The summed E-state index contributed by atoms with van der Waals surface area (Å²) in [5.74, 6) is -7.38. The van der Waals surface area contributed by atoms with Crippen LogP contribution >= 0.6 is 11.8 Å². The highest BCUT2D eigenvalue weighted by molar-refractivity contribution is 8.00. The number of hydrogen-bond acceptors (Lipinski definition) is 18. The molecule has 28 nitrogen and oxygen atoms in total. The van der Waals surface area contributed by atoms with Crippen molar-refractivity contribution in [3.8, 4) is 5.75 Å². The predicted molar refractivity (Wildman–Crippen MR) is 359 cm³/mol. The van der Waals surface area contributed by atoms with Crippen LogP contribution in [0, 0.1) is 23.7 Å². The molecule has 29 heteroatoms. The van der Waals surface area contributed by atoms with E-state index in [0.717, 1.165) is 35.9 Å². The number of carbonyl (C=O) groups is 10. The lowest BCUT2D eigenvalue weighted by Crippen LogP contribution is -2.54. The number of urea groups is 1. The van der Waals surface area contributed by atoms with Gasteiger partial charge in [0.05, 0.1) is 62.7 Å². The first-order chi connectivity index (χ1) is 46.2. The van der Waals surface area contributed by atoms with Crippen molar-refractivity contribution in [1.29, 1.82) is 0 Å². The van der Waals surface area contributed by atoms with Gasteiger partial charge in [0, 0.05) is 111 Å². The molecule has 0 aliphatic carbocycles. The van der Waals surface area contributed by atoms with Crippen LogP contribution in [0.5, 0.6) is 5.75 Å². The van der Waals surface area contributed by atoms with Crippen molar-refractivity contribution in [3.63, 3.8) is 0 Å². The van der Waals surface area contributed by atoms with Gasteiger partial charge >= 0.3 is 6.03 Å². The van der Waals surface area contributed by atoms with E-state index < -0.39 is 95.7 Å². The molecule has 2 saturated heterocycles. The average Bonchev–Trinajstić information content (AvgIpc) is 1.71. The summed E-state index contributed by atoms with van der Waals surface area (Å²) in [6, 6.07) is 10.1. The van der Waals surface area contributed by atoms with Gasteiger partial charge in [0.2, 0.25) is 29.5 Å². The van der Waals surface area contributed by atoms with Gasteiger partial charge in [-0.3, -0.25) is 52.8 Å². The number of nitrogens with zero attached hydrogens (tertiary/aromatic N) is 4. The molecule has 3 aliphatic rings. The number of H-pyrrole nitrogens is 1. The third kappa shape index (κ3) is 25.4. The highest BCUT2D eigenvalue weighted by Gasteiger charge is 2.43. The molecule has 7 amide bonds. The van der Waals surface area contributed by atoms with Gasteiger partial charge in [0.15, 0.2) is 23.3 Å². The van der Waals surface area contributed by atoms with Crippen LogP contribution in [-0.2, 0) is 83.2 Å². The minimum absolute atomic E-state index is 0.0223. The molecule has 0 radical (unpaired) electrons. The largest absolute Gasteiger partial charge is 0.508 e. The maximum absolute atomic E-state index is 14.6. The number of aliphatic imine (C=N–C) groups is 1. The summed E-state index contributed by atoms with van der Waals surface area (Å²) in [6.07, 6.45) is 7.82. The third-order valence-electron chi connectivity index (χ3n) is 17.3. The average molecular weight is 1350 g/mol. The van der Waals surface area contributed by atoms with Crippen molar-refractivity contribution < 1.29 is 67.3 Å². The SMILES string of the molecule is CC(C)C[C@H]1NC(=O)[C@@H](CC(=O)COCCOCCOCCCC(=O)CCCC[C@H]2SC[C@H]3NC(=O)N[C@H]32)Cc2cn(nn2)CCCC[C@@H](C(N)=O)NC(=O)[C@@H](Cc2c[nH]c3ccccc23)NC(=O)[C@@H](Cc2ccc(O)cc2)CC(=O)CNC(=O)[C@@H](CCCN=C(N)N)CC1=O. The van der Waals surface area contributed by atoms with Crippen LogP contribution in [0.15, 0.2) is 65.9 Å². The molecule has 0 unspecified atom stereocenters. The van der Waals surface area contributed by atoms with Crippen LogP contribution in [0.4, 0.5) is 4.79 Å². The molecule has 96 heavy (non-hydrogen) atoms. The van der Waals surface area contributed by atoms with Gasteiger partial charge in [-0.05, 0) is 99.5 Å². The number of phenols is 1. The number of amides is 7. The smallest absolute Gasteiger partial charge is 0.315 e. The van der Waals surface area contributed by atoms with E-state index >= 15 is 0 Å². The van der Waals surface area contributed by atoms with Crippen molar-refractivity contribution in [2.24, 2.45) is 45.9 Å². The van der Waals surface area contributed by atoms with Gasteiger partial charge in [0.1, 0.15) is 30.2 Å². The van der Waals surface area contributed by atoms with E-state index in [2.05, 4.69) is 52.2 Å². The summed E-state index contributed by atoms with van der Waals surface area (Å²) < 4.78 is 18.5. The Bertz CT molecular complexity index is 3280. The molecular weight excluding hydrogens is 1260 g/mol. The molecule has 7 rings (SSSR count). The number of primary amides is 1. The summed E-state index contributed by atoms with van der Waals surface area (Å²) in [7, 11) is 0. The number of unbranched alkanes of at least 4 members (excludes halogenated alkanes) is 1. The predicted octanol–water partition coefficient (Wildman–Crippen LogP) is 2.68. The van der Waals surface area contributed by atoms with E-state index in [1.165, 1.54) is 12.1 Å². The Balaban J connectivity index is 0.995. The summed E-state index contributed by atoms with van der Waals surface area (Å²) in [5.41, 5.74) is 19.5. The zero-order valence-corrected chi connectivity index (χ0v) is 55.8. The number of rotatable bonds is 30. The number of guanidine groups is 1. The summed E-state index contributed by atoms with van der Waals surface area (Å²) in [5, 5.41) is 37.0. The number of aromatic hydroxyl groups is 1. The minimum atomic E-state index is -1.28. The number of ketones is 4. The molecule has 524 valence electrons. The van der Waals surface area contributed by atoms with E-state index in [1.807, 2.05) is 49.9 Å². The van der Waals surface area contributed by atoms with Crippen molar-refractivity contribution in [3.05, 3.63) is 77.7 Å². The number of aromatic nitrogens is 4. The molecule has 14 N–H and O–H groups in total. The Hall–Kier alpha value is -8.28. The zero-order valence-electron chi connectivity index (χ0n) is 55.0. The first-order valence-corrected chi connectivity index (χ1v) is 34.5. The number of nitrogens with two attached hydrogens (primary N) is 3. The number of carbonyl (C=O) groups excluding carboxylic acids is 10. The fourth-order valence-electron chi connectivity index (χ4n) is 12.2. The van der Waals surface area contributed by atoms with Crippen LogP contribution < -0.4 is 49.1 Å². The van der Waals surface area contributed by atoms with Crippen LogP contribution in [-0.4, -0.2) is 184 Å². The maximum Gasteiger partial charge on any atom is 0.315 e. The fourth-order valence-corrected chi connectivity index (χ4v) is 13.7. The number of para-hydroxylation sites is 1. The Morgan fingerprint density at radius 2 is 1.46 bits per heavy atom. The Morgan fingerprint density at radius 3 is 2.22 bits per heavy atom. The quantitative estimate of drug-likeness (QED) is 0.0155. The second-order valence-corrected chi connectivity index (χ2v) is 26.8. The van der Waals surface area contributed by atoms with Crippen LogP contribution in [0.25, 0.3) is 10.9 Å². The van der Waals surface area contributed by atoms with E-state index in [9.17, 15) is 53.1 Å². The number of fused-ring (bicyclic) bond motifs is 4. The number of nitrogens with one attached hydrogen (secondary N) is 7. The first kappa shape index (κ1) is 75.1. The third-order valence-corrected chi connectivity index (χ3v) is 18.8. The number of benzene rings is 2. The maximum atomic E-state index is 14.6. The number of phenolic OH excluding ortho intramolecular Hbond substituents is 1. The molecular formula is C67H96N14O14S. The van der Waals surface area contributed by atoms with Crippen molar-refractivity contribution >= 4 is 87.3 Å². The molecule has 3 aliphatic heterocycles. The van der Waals surface area contributed by atoms with Crippen LogP contribution in [0.3, 0.4) is 0 Å². The van der Waals surface area contributed by atoms with Crippen LogP contribution in [0.1, 0.15) is 127 Å². The number of Topliss-reactive ketones (excluding diaryl/α,β-unsaturated/α-hetero) is 4. The highest BCUT2D eigenvalue weighted by atomic mass is 32.2. The molecule has 2 aromatic heterocycles. The van der Waals surface area contributed by atoms with Gasteiger partial charge < -0.3 is 73.4 Å². The van der Waals surface area contributed by atoms with E-state index in [-0.39, 0.29) is 132 Å². The minimum Gasteiger partial charge on any atom is -0.508 e. The fraction of sp³-hybridized carbons (Fsp3) is 0.597. The molecule has 2 bridgehead atoms. The van der Waals surface area contributed by atoms with Gasteiger partial charge in [-0.1, -0.05) is 55.8 Å². The Labute approximate surface area is 563 Å².